The molecule has 0 fully saturated rings. The van der Waals surface area contributed by atoms with Gasteiger partial charge in [0.25, 0.3) is 0 Å². The molecule has 0 aliphatic carbocycles. The van der Waals surface area contributed by atoms with Crippen LogP contribution in [0.4, 0.5) is 8.78 Å². The maximum Gasteiger partial charge on any atom is 0.343 e. The Bertz CT molecular complexity index is 660. The summed E-state index contributed by atoms with van der Waals surface area (Å²) in [7, 11) is 0. The summed E-state index contributed by atoms with van der Waals surface area (Å²) in [5.74, 6) is -2.73. The third-order valence-corrected chi connectivity index (χ3v) is 2.35. The number of nitrogens with zero attached hydrogens (tertiary/aromatic N) is 1. The second kappa shape index (κ2) is 5.27. The molecule has 94 valence electrons. The Morgan fingerprint density at radius 2 is 1.74 bits per heavy atom. The van der Waals surface area contributed by atoms with Crippen molar-refractivity contribution >= 4 is 5.97 Å². The number of hydrogen-bond donors (Lipinski definition) is 0. The van der Waals surface area contributed by atoms with Gasteiger partial charge in [0, 0.05) is 0 Å². The molecule has 5 heteroatoms. The molecule has 2 rings (SSSR count). The summed E-state index contributed by atoms with van der Waals surface area (Å²) in [4.78, 5) is 11.7. The molecule has 0 aliphatic heterocycles. The fraction of sp³-hybridized carbons (Fsp3) is 0. The molecule has 0 saturated carbocycles. The van der Waals surface area contributed by atoms with Crippen LogP contribution in [-0.4, -0.2) is 5.97 Å². The van der Waals surface area contributed by atoms with E-state index in [1.807, 2.05) is 6.07 Å². The third-order valence-electron chi connectivity index (χ3n) is 2.35. The van der Waals surface area contributed by atoms with Crippen LogP contribution in [-0.2, 0) is 0 Å². The monoisotopic (exact) mass is 259 g/mol. The zero-order valence-corrected chi connectivity index (χ0v) is 9.56. The van der Waals surface area contributed by atoms with Gasteiger partial charge in [-0.2, -0.15) is 5.26 Å². The number of benzene rings is 2. The van der Waals surface area contributed by atoms with Gasteiger partial charge in [-0.05, 0) is 42.5 Å². The predicted molar refractivity (Wildman–Crippen MR) is 62.5 cm³/mol. The van der Waals surface area contributed by atoms with Crippen molar-refractivity contribution in [1.82, 2.24) is 0 Å². The third kappa shape index (κ3) is 2.93. The number of carbonyl (C=O) groups excluding carboxylic acids is 1. The van der Waals surface area contributed by atoms with E-state index in [4.69, 9.17) is 10.00 Å². The zero-order valence-electron chi connectivity index (χ0n) is 9.56. The van der Waals surface area contributed by atoms with E-state index in [2.05, 4.69) is 0 Å². The topological polar surface area (TPSA) is 50.1 Å². The van der Waals surface area contributed by atoms with Crippen LogP contribution in [0.25, 0.3) is 0 Å². The molecule has 0 atom stereocenters. The molecule has 0 amide bonds. The summed E-state index contributed by atoms with van der Waals surface area (Å²) >= 11 is 0. The zero-order chi connectivity index (χ0) is 13.8. The summed E-state index contributed by atoms with van der Waals surface area (Å²) < 4.78 is 30.6. The van der Waals surface area contributed by atoms with E-state index in [9.17, 15) is 13.6 Å². The van der Waals surface area contributed by atoms with Gasteiger partial charge in [0.2, 0.25) is 0 Å². The highest BCUT2D eigenvalue weighted by atomic mass is 19.2. The van der Waals surface area contributed by atoms with Gasteiger partial charge in [-0.25, -0.2) is 13.6 Å². The molecule has 0 bridgehead atoms. The second-order valence-corrected chi connectivity index (χ2v) is 3.65. The highest BCUT2D eigenvalue weighted by Gasteiger charge is 2.11. The Hall–Kier alpha value is -2.74. The highest BCUT2D eigenvalue weighted by Crippen LogP contribution is 2.15. The molecule has 0 spiro atoms. The average Bonchev–Trinajstić information content (AvgIpc) is 2.42. The minimum atomic E-state index is -1.12. The Balaban J connectivity index is 2.16. The first-order valence-electron chi connectivity index (χ1n) is 5.27. The van der Waals surface area contributed by atoms with Gasteiger partial charge in [0.05, 0.1) is 17.2 Å². The first-order valence-corrected chi connectivity index (χ1v) is 5.27. The normalized spacial score (nSPS) is 9.74. The fourth-order valence-electron chi connectivity index (χ4n) is 1.39. The van der Waals surface area contributed by atoms with E-state index >= 15 is 0 Å². The Kier molecular flexibility index (Phi) is 3.53. The molecule has 0 radical (unpaired) electrons. The summed E-state index contributed by atoms with van der Waals surface area (Å²) in [6, 6.07) is 10.5. The molecular weight excluding hydrogens is 252 g/mol. The van der Waals surface area contributed by atoms with Gasteiger partial charge in [-0.15, -0.1) is 0 Å². The van der Waals surface area contributed by atoms with Gasteiger partial charge >= 0.3 is 5.97 Å². The predicted octanol–water partition coefficient (Wildman–Crippen LogP) is 3.06. The van der Waals surface area contributed by atoms with Crippen molar-refractivity contribution in [2.24, 2.45) is 0 Å². The minimum absolute atomic E-state index is 0.0942. The van der Waals surface area contributed by atoms with Crippen LogP contribution >= 0.6 is 0 Å². The lowest BCUT2D eigenvalue weighted by atomic mass is 10.2. The van der Waals surface area contributed by atoms with Gasteiger partial charge in [0.1, 0.15) is 5.75 Å². The maximum atomic E-state index is 13.0. The number of hydrogen-bond acceptors (Lipinski definition) is 3. The van der Waals surface area contributed by atoms with Crippen LogP contribution in [0.1, 0.15) is 15.9 Å². The molecule has 0 aliphatic rings. The number of nitriles is 1. The first kappa shape index (κ1) is 12.7. The molecule has 2 aromatic rings. The number of carbonyl (C=O) groups is 1. The van der Waals surface area contributed by atoms with Crippen molar-refractivity contribution in [3.63, 3.8) is 0 Å². The lowest BCUT2D eigenvalue weighted by Crippen LogP contribution is -2.09. The van der Waals surface area contributed by atoms with E-state index in [0.29, 0.717) is 5.56 Å². The maximum absolute atomic E-state index is 13.0. The van der Waals surface area contributed by atoms with E-state index in [-0.39, 0.29) is 11.3 Å². The quantitative estimate of drug-likeness (QED) is 0.615. The van der Waals surface area contributed by atoms with Crippen molar-refractivity contribution in [2.45, 2.75) is 0 Å². The Labute approximate surface area is 107 Å². The Morgan fingerprint density at radius 1 is 1.05 bits per heavy atom. The number of ether oxygens (including phenoxy) is 1. The highest BCUT2D eigenvalue weighted by molar-refractivity contribution is 5.91. The summed E-state index contributed by atoms with van der Waals surface area (Å²) in [5, 5.41) is 8.61. The average molecular weight is 259 g/mol. The van der Waals surface area contributed by atoms with Crippen molar-refractivity contribution < 1.29 is 18.3 Å². The molecule has 0 aromatic heterocycles. The lowest BCUT2D eigenvalue weighted by Gasteiger charge is -2.04. The van der Waals surface area contributed by atoms with Crippen LogP contribution in [0, 0.1) is 23.0 Å². The molecule has 0 unspecified atom stereocenters. The summed E-state index contributed by atoms with van der Waals surface area (Å²) in [5.41, 5.74) is 0.330. The van der Waals surface area contributed by atoms with E-state index < -0.39 is 17.6 Å². The van der Waals surface area contributed by atoms with Crippen LogP contribution in [0.2, 0.25) is 0 Å². The lowest BCUT2D eigenvalue weighted by molar-refractivity contribution is 0.0734. The van der Waals surface area contributed by atoms with E-state index in [1.54, 1.807) is 0 Å². The number of rotatable bonds is 2. The van der Waals surface area contributed by atoms with Crippen molar-refractivity contribution in [3.8, 4) is 11.8 Å². The molecule has 0 N–H and O–H groups in total. The van der Waals surface area contributed by atoms with Crippen LogP contribution < -0.4 is 4.74 Å². The van der Waals surface area contributed by atoms with E-state index in [1.165, 1.54) is 24.3 Å². The van der Waals surface area contributed by atoms with Gasteiger partial charge < -0.3 is 4.74 Å². The standard InChI is InChI=1S/C14H7F2NO2/c15-12-6-3-10(7-13(12)16)14(18)19-11-4-1-9(8-17)2-5-11/h1-7H. The summed E-state index contributed by atoms with van der Waals surface area (Å²) in [6.07, 6.45) is 0. The molecule has 0 heterocycles. The van der Waals surface area contributed by atoms with E-state index in [0.717, 1.165) is 18.2 Å². The molecule has 0 saturated heterocycles. The molecule has 2 aromatic carbocycles. The SMILES string of the molecule is N#Cc1ccc(OC(=O)c2ccc(F)c(F)c2)cc1. The largest absolute Gasteiger partial charge is 0.423 e. The first-order chi connectivity index (χ1) is 9.10. The number of halogens is 2. The minimum Gasteiger partial charge on any atom is -0.423 e. The number of esters is 1. The van der Waals surface area contributed by atoms with Gasteiger partial charge in [0.15, 0.2) is 11.6 Å². The van der Waals surface area contributed by atoms with Crippen molar-refractivity contribution in [1.29, 1.82) is 5.26 Å². The van der Waals surface area contributed by atoms with Crippen molar-refractivity contribution in [3.05, 3.63) is 65.2 Å². The molecular formula is C14H7F2NO2. The molecule has 19 heavy (non-hydrogen) atoms. The fourth-order valence-corrected chi connectivity index (χ4v) is 1.39. The van der Waals surface area contributed by atoms with Gasteiger partial charge in [-0.3, -0.25) is 0 Å². The molecule has 3 nitrogen and oxygen atoms in total. The smallest absolute Gasteiger partial charge is 0.343 e. The van der Waals surface area contributed by atoms with Crippen LogP contribution in [0.15, 0.2) is 42.5 Å². The van der Waals surface area contributed by atoms with Crippen LogP contribution in [0.5, 0.6) is 5.75 Å². The summed E-state index contributed by atoms with van der Waals surface area (Å²) in [6.45, 7) is 0. The Morgan fingerprint density at radius 3 is 2.32 bits per heavy atom. The van der Waals surface area contributed by atoms with Crippen LogP contribution in [0.3, 0.4) is 0 Å². The van der Waals surface area contributed by atoms with Crippen molar-refractivity contribution in [2.75, 3.05) is 0 Å². The van der Waals surface area contributed by atoms with Gasteiger partial charge in [-0.1, -0.05) is 0 Å². The second-order valence-electron chi connectivity index (χ2n) is 3.65.